The molecule has 0 aromatic rings. The van der Waals surface area contributed by atoms with Gasteiger partial charge in [-0.2, -0.15) is 0 Å². The normalized spacial score (nSPS) is 48.8. The lowest BCUT2D eigenvalue weighted by Crippen LogP contribution is -2.62. The minimum absolute atomic E-state index is 0.0595. The summed E-state index contributed by atoms with van der Waals surface area (Å²) in [6, 6.07) is 0. The van der Waals surface area contributed by atoms with Gasteiger partial charge in [0.05, 0.1) is 13.2 Å². The molecule has 2 heterocycles. The Bertz CT molecular complexity index is 721. The van der Waals surface area contributed by atoms with Crippen LogP contribution in [-0.2, 0) is 19.0 Å². The average Bonchev–Trinajstić information content (AvgIpc) is 3.19. The van der Waals surface area contributed by atoms with Crippen LogP contribution in [0.25, 0.3) is 0 Å². The zero-order chi connectivity index (χ0) is 21.8. The first-order valence-corrected chi connectivity index (χ1v) is 10.4. The molecule has 0 spiro atoms. The van der Waals surface area contributed by atoms with Gasteiger partial charge in [0, 0.05) is 17.4 Å². The monoisotopic (exact) mass is 426 g/mol. The van der Waals surface area contributed by atoms with Crippen molar-refractivity contribution in [3.63, 3.8) is 0 Å². The first-order valence-electron chi connectivity index (χ1n) is 10.4. The van der Waals surface area contributed by atoms with Crippen molar-refractivity contribution >= 4 is 5.97 Å². The predicted molar refractivity (Wildman–Crippen MR) is 102 cm³/mol. The number of esters is 1. The van der Waals surface area contributed by atoms with Crippen molar-refractivity contribution in [1.29, 1.82) is 0 Å². The summed E-state index contributed by atoms with van der Waals surface area (Å²) in [7, 11) is 0. The van der Waals surface area contributed by atoms with Crippen molar-refractivity contribution in [3.8, 4) is 0 Å². The van der Waals surface area contributed by atoms with E-state index in [1.54, 1.807) is 0 Å². The van der Waals surface area contributed by atoms with Gasteiger partial charge in [-0.1, -0.05) is 18.7 Å². The van der Waals surface area contributed by atoms with Crippen LogP contribution in [0.2, 0.25) is 0 Å². The zero-order valence-corrected chi connectivity index (χ0v) is 16.7. The maximum absolute atomic E-state index is 12.2. The number of carbonyl (C=O) groups excluding carboxylic acids is 1. The summed E-state index contributed by atoms with van der Waals surface area (Å²) in [4.78, 5) is 12.2. The molecule has 5 N–H and O–H groups in total. The van der Waals surface area contributed by atoms with Crippen LogP contribution < -0.4 is 0 Å². The topological polar surface area (TPSA) is 146 Å². The lowest BCUT2D eigenvalue weighted by molar-refractivity contribution is -0.337. The third-order valence-corrected chi connectivity index (χ3v) is 7.39. The fourth-order valence-corrected chi connectivity index (χ4v) is 5.67. The van der Waals surface area contributed by atoms with E-state index in [4.69, 9.17) is 14.2 Å². The number of fused-ring (bicyclic) bond motifs is 3. The average molecular weight is 426 g/mol. The Hall–Kier alpha value is -1.33. The summed E-state index contributed by atoms with van der Waals surface area (Å²) >= 11 is 0. The number of hydrogen-bond donors (Lipinski definition) is 5. The van der Waals surface area contributed by atoms with Crippen molar-refractivity contribution in [2.24, 2.45) is 17.8 Å². The van der Waals surface area contributed by atoms with Gasteiger partial charge in [0.25, 0.3) is 0 Å². The second-order valence-electron chi connectivity index (χ2n) is 8.91. The molecular weight excluding hydrogens is 396 g/mol. The fraction of sp³-hybridized carbons (Fsp3) is 0.762. The first kappa shape index (κ1) is 21.9. The SMILES string of the molecule is C=C1C(=O)OC2C1CCC(=C)C1CCC(CO)(OC3OC(CO)C(O)C(O)C3O)C12. The molecule has 0 aromatic heterocycles. The molecule has 2 saturated carbocycles. The highest BCUT2D eigenvalue weighted by Crippen LogP contribution is 2.55. The summed E-state index contributed by atoms with van der Waals surface area (Å²) in [5, 5.41) is 50.4. The van der Waals surface area contributed by atoms with E-state index < -0.39 is 67.5 Å². The van der Waals surface area contributed by atoms with Gasteiger partial charge in [-0.25, -0.2) is 4.79 Å². The molecule has 0 amide bonds. The second kappa shape index (κ2) is 7.98. The van der Waals surface area contributed by atoms with E-state index in [1.807, 2.05) is 0 Å². The van der Waals surface area contributed by atoms with Gasteiger partial charge in [-0.05, 0) is 31.6 Å². The van der Waals surface area contributed by atoms with Crippen molar-refractivity contribution in [3.05, 3.63) is 24.3 Å². The van der Waals surface area contributed by atoms with E-state index in [2.05, 4.69) is 13.2 Å². The summed E-state index contributed by atoms with van der Waals surface area (Å²) in [5.41, 5.74) is 0.172. The highest BCUT2D eigenvalue weighted by Gasteiger charge is 2.61. The van der Waals surface area contributed by atoms with Crippen LogP contribution >= 0.6 is 0 Å². The van der Waals surface area contributed by atoms with E-state index in [0.29, 0.717) is 31.3 Å². The Labute approximate surface area is 174 Å². The number of hydrogen-bond acceptors (Lipinski definition) is 9. The highest BCUT2D eigenvalue weighted by molar-refractivity contribution is 5.90. The first-order chi connectivity index (χ1) is 14.2. The molecule has 0 radical (unpaired) electrons. The number of allylic oxidation sites excluding steroid dienone is 1. The molecule has 10 atom stereocenters. The van der Waals surface area contributed by atoms with Crippen molar-refractivity contribution in [2.75, 3.05) is 13.2 Å². The lowest BCUT2D eigenvalue weighted by atomic mass is 9.76. The molecule has 2 aliphatic carbocycles. The largest absolute Gasteiger partial charge is 0.458 e. The maximum Gasteiger partial charge on any atom is 0.334 e. The molecule has 4 rings (SSSR count). The number of aliphatic hydroxyl groups excluding tert-OH is 5. The predicted octanol–water partition coefficient (Wildman–Crippen LogP) is -0.992. The van der Waals surface area contributed by atoms with Crippen LogP contribution in [0.5, 0.6) is 0 Å². The molecule has 9 nitrogen and oxygen atoms in total. The van der Waals surface area contributed by atoms with Crippen LogP contribution in [0.3, 0.4) is 0 Å². The summed E-state index contributed by atoms with van der Waals surface area (Å²) < 4.78 is 17.3. The van der Waals surface area contributed by atoms with Crippen LogP contribution in [0, 0.1) is 17.8 Å². The van der Waals surface area contributed by atoms with Crippen molar-refractivity contribution < 1.29 is 44.5 Å². The summed E-state index contributed by atoms with van der Waals surface area (Å²) in [6.45, 7) is 7.07. The van der Waals surface area contributed by atoms with Crippen molar-refractivity contribution in [1.82, 2.24) is 0 Å². The van der Waals surface area contributed by atoms with Crippen LogP contribution in [0.1, 0.15) is 25.7 Å². The lowest BCUT2D eigenvalue weighted by Gasteiger charge is -2.46. The Morgan fingerprint density at radius 3 is 2.47 bits per heavy atom. The van der Waals surface area contributed by atoms with Gasteiger partial charge in [-0.3, -0.25) is 0 Å². The minimum Gasteiger partial charge on any atom is -0.458 e. The Balaban J connectivity index is 1.66. The van der Waals surface area contributed by atoms with Gasteiger partial charge in [0.1, 0.15) is 36.1 Å². The zero-order valence-electron chi connectivity index (χ0n) is 16.7. The van der Waals surface area contributed by atoms with Gasteiger partial charge in [0.2, 0.25) is 0 Å². The number of rotatable bonds is 4. The molecule has 9 heteroatoms. The summed E-state index contributed by atoms with van der Waals surface area (Å²) in [6.07, 6.45) is -5.31. The van der Waals surface area contributed by atoms with Crippen LogP contribution in [0.15, 0.2) is 24.3 Å². The molecule has 2 saturated heterocycles. The third-order valence-electron chi connectivity index (χ3n) is 7.39. The quantitative estimate of drug-likeness (QED) is 0.217. The smallest absolute Gasteiger partial charge is 0.334 e. The van der Waals surface area contributed by atoms with E-state index in [9.17, 15) is 30.3 Å². The molecule has 2 aliphatic heterocycles. The maximum atomic E-state index is 12.2. The molecule has 4 aliphatic rings. The van der Waals surface area contributed by atoms with Gasteiger partial charge >= 0.3 is 5.97 Å². The van der Waals surface area contributed by atoms with E-state index >= 15 is 0 Å². The molecule has 30 heavy (non-hydrogen) atoms. The molecule has 168 valence electrons. The number of carbonyl (C=O) groups is 1. The second-order valence-corrected chi connectivity index (χ2v) is 8.91. The molecule has 4 fully saturated rings. The van der Waals surface area contributed by atoms with Gasteiger partial charge in [-0.15, -0.1) is 0 Å². The van der Waals surface area contributed by atoms with Crippen LogP contribution in [0.4, 0.5) is 0 Å². The Kier molecular flexibility index (Phi) is 5.82. The molecule has 0 bridgehead atoms. The van der Waals surface area contributed by atoms with E-state index in [-0.39, 0.29) is 11.8 Å². The highest BCUT2D eigenvalue weighted by atomic mass is 16.7. The minimum atomic E-state index is -1.59. The summed E-state index contributed by atoms with van der Waals surface area (Å²) in [5.74, 6) is -1.16. The van der Waals surface area contributed by atoms with E-state index in [0.717, 1.165) is 5.57 Å². The number of aliphatic hydroxyl groups is 5. The third kappa shape index (κ3) is 3.24. The van der Waals surface area contributed by atoms with Crippen molar-refractivity contribution in [2.45, 2.75) is 68.1 Å². The Morgan fingerprint density at radius 2 is 1.80 bits per heavy atom. The van der Waals surface area contributed by atoms with Gasteiger partial charge < -0.3 is 39.7 Å². The van der Waals surface area contributed by atoms with Gasteiger partial charge in [0.15, 0.2) is 6.29 Å². The molecule has 0 aromatic carbocycles. The number of ether oxygens (including phenoxy) is 3. The standard InChI is InChI=1S/C21H30O9/c1-9-3-4-12-10(2)19(27)29-18(12)14-11(9)5-6-21(14,8-23)30-20-17(26)16(25)15(24)13(7-22)28-20/h11-18,20,22-26H,1-8H2. The van der Waals surface area contributed by atoms with E-state index in [1.165, 1.54) is 0 Å². The fourth-order valence-electron chi connectivity index (χ4n) is 5.67. The Morgan fingerprint density at radius 1 is 1.07 bits per heavy atom. The van der Waals surface area contributed by atoms with Crippen LogP contribution in [-0.4, -0.2) is 87.1 Å². The molecule has 10 unspecified atom stereocenters. The molecular formula is C21H30O9.